The summed E-state index contributed by atoms with van der Waals surface area (Å²) < 4.78 is 5.69. The Balaban J connectivity index is 1.98. The van der Waals surface area contributed by atoms with Crippen molar-refractivity contribution in [2.75, 3.05) is 26.7 Å². The lowest BCUT2D eigenvalue weighted by Crippen LogP contribution is -2.36. The van der Waals surface area contributed by atoms with Crippen LogP contribution in [0.15, 0.2) is 12.4 Å². The number of nitrogens with two attached hydrogens (primary N) is 1. The Labute approximate surface area is 108 Å². The van der Waals surface area contributed by atoms with E-state index in [-0.39, 0.29) is 12.1 Å². The standard InChI is InChI=1S/C13H22N4O/c1-3-11(14)6-10-7-15-13(16-8-10)12-9-17(2)4-5-18-12/h7-8,11-12H,3-6,9,14H2,1-2H3. The molecule has 0 spiro atoms. The second-order valence-electron chi connectivity index (χ2n) is 4.94. The maximum Gasteiger partial charge on any atom is 0.158 e. The van der Waals surface area contributed by atoms with Gasteiger partial charge in [0, 0.05) is 31.5 Å². The van der Waals surface area contributed by atoms with Gasteiger partial charge < -0.3 is 15.4 Å². The van der Waals surface area contributed by atoms with Crippen molar-refractivity contribution in [1.82, 2.24) is 14.9 Å². The van der Waals surface area contributed by atoms with E-state index in [1.165, 1.54) is 0 Å². The molecule has 1 aliphatic rings. The molecule has 0 bridgehead atoms. The van der Waals surface area contributed by atoms with Gasteiger partial charge in [0.25, 0.3) is 0 Å². The van der Waals surface area contributed by atoms with Gasteiger partial charge in [-0.1, -0.05) is 6.92 Å². The zero-order valence-corrected chi connectivity index (χ0v) is 11.2. The Kier molecular flexibility index (Phi) is 4.63. The predicted molar refractivity (Wildman–Crippen MR) is 70.2 cm³/mol. The molecular weight excluding hydrogens is 228 g/mol. The summed E-state index contributed by atoms with van der Waals surface area (Å²) >= 11 is 0. The third kappa shape index (κ3) is 3.48. The molecule has 5 nitrogen and oxygen atoms in total. The summed E-state index contributed by atoms with van der Waals surface area (Å²) in [6.45, 7) is 4.66. The van der Waals surface area contributed by atoms with Gasteiger partial charge in [0.05, 0.1) is 6.61 Å². The van der Waals surface area contributed by atoms with Gasteiger partial charge >= 0.3 is 0 Å². The number of hydrogen-bond acceptors (Lipinski definition) is 5. The van der Waals surface area contributed by atoms with E-state index in [0.29, 0.717) is 0 Å². The molecule has 0 amide bonds. The summed E-state index contributed by atoms with van der Waals surface area (Å²) in [4.78, 5) is 11.0. The SMILES string of the molecule is CCC(N)Cc1cnc(C2CN(C)CCO2)nc1. The lowest BCUT2D eigenvalue weighted by molar-refractivity contribution is -0.0255. The second kappa shape index (κ2) is 6.22. The molecule has 1 aromatic heterocycles. The van der Waals surface area contributed by atoms with Gasteiger partial charge in [0.2, 0.25) is 0 Å². The van der Waals surface area contributed by atoms with Gasteiger partial charge in [-0.15, -0.1) is 0 Å². The monoisotopic (exact) mass is 250 g/mol. The first-order valence-corrected chi connectivity index (χ1v) is 6.55. The van der Waals surface area contributed by atoms with Crippen LogP contribution in [0.5, 0.6) is 0 Å². The molecule has 0 saturated carbocycles. The van der Waals surface area contributed by atoms with E-state index in [4.69, 9.17) is 10.5 Å². The molecule has 5 heteroatoms. The molecule has 2 rings (SSSR count). The first-order valence-electron chi connectivity index (χ1n) is 6.55. The predicted octanol–water partition coefficient (Wildman–Crippen LogP) is 0.760. The maximum atomic E-state index is 5.92. The van der Waals surface area contributed by atoms with E-state index in [0.717, 1.165) is 43.9 Å². The van der Waals surface area contributed by atoms with Crippen LogP contribution >= 0.6 is 0 Å². The number of aromatic nitrogens is 2. The molecule has 1 saturated heterocycles. The van der Waals surface area contributed by atoms with Crippen molar-refractivity contribution < 1.29 is 4.74 Å². The molecular formula is C13H22N4O. The summed E-state index contributed by atoms with van der Waals surface area (Å²) in [7, 11) is 2.09. The third-order valence-corrected chi connectivity index (χ3v) is 3.31. The number of ether oxygens (including phenoxy) is 1. The molecule has 0 radical (unpaired) electrons. The van der Waals surface area contributed by atoms with E-state index < -0.39 is 0 Å². The van der Waals surface area contributed by atoms with Crippen LogP contribution in [0.3, 0.4) is 0 Å². The van der Waals surface area contributed by atoms with E-state index in [2.05, 4.69) is 28.8 Å². The zero-order valence-electron chi connectivity index (χ0n) is 11.2. The van der Waals surface area contributed by atoms with Gasteiger partial charge in [-0.2, -0.15) is 0 Å². The van der Waals surface area contributed by atoms with E-state index in [9.17, 15) is 0 Å². The first kappa shape index (κ1) is 13.4. The van der Waals surface area contributed by atoms with Crippen LogP contribution in [0.2, 0.25) is 0 Å². The fourth-order valence-electron chi connectivity index (χ4n) is 2.02. The maximum absolute atomic E-state index is 5.92. The van der Waals surface area contributed by atoms with Crippen LogP contribution in [0.25, 0.3) is 0 Å². The highest BCUT2D eigenvalue weighted by molar-refractivity contribution is 5.08. The van der Waals surface area contributed by atoms with Crippen LogP contribution in [0.1, 0.15) is 30.8 Å². The largest absolute Gasteiger partial charge is 0.368 e. The molecule has 0 aromatic carbocycles. The normalized spacial score (nSPS) is 22.9. The Hall–Kier alpha value is -1.04. The van der Waals surface area contributed by atoms with E-state index in [1.807, 2.05) is 12.4 Å². The van der Waals surface area contributed by atoms with Gasteiger partial charge in [-0.05, 0) is 25.5 Å². The fraction of sp³-hybridized carbons (Fsp3) is 0.692. The second-order valence-corrected chi connectivity index (χ2v) is 4.94. The third-order valence-electron chi connectivity index (χ3n) is 3.31. The number of hydrogen-bond donors (Lipinski definition) is 1. The minimum Gasteiger partial charge on any atom is -0.368 e. The van der Waals surface area contributed by atoms with Crippen molar-refractivity contribution in [2.45, 2.75) is 31.9 Å². The van der Waals surface area contributed by atoms with Gasteiger partial charge in [-0.3, -0.25) is 0 Å². The Bertz CT molecular complexity index is 368. The van der Waals surface area contributed by atoms with Crippen molar-refractivity contribution in [3.8, 4) is 0 Å². The highest BCUT2D eigenvalue weighted by atomic mass is 16.5. The smallest absolute Gasteiger partial charge is 0.158 e. The van der Waals surface area contributed by atoms with Gasteiger partial charge in [0.1, 0.15) is 6.10 Å². The number of morpholine rings is 1. The number of likely N-dealkylation sites (N-methyl/N-ethyl adjacent to an activating group) is 1. The molecule has 2 heterocycles. The van der Waals surface area contributed by atoms with Crippen molar-refractivity contribution in [1.29, 1.82) is 0 Å². The molecule has 1 fully saturated rings. The molecule has 2 atom stereocenters. The summed E-state index contributed by atoms with van der Waals surface area (Å²) in [5.41, 5.74) is 7.01. The zero-order chi connectivity index (χ0) is 13.0. The lowest BCUT2D eigenvalue weighted by atomic mass is 10.1. The average Bonchev–Trinajstić information content (AvgIpc) is 2.39. The van der Waals surface area contributed by atoms with Crippen molar-refractivity contribution in [3.63, 3.8) is 0 Å². The highest BCUT2D eigenvalue weighted by Gasteiger charge is 2.21. The number of rotatable bonds is 4. The highest BCUT2D eigenvalue weighted by Crippen LogP contribution is 2.17. The quantitative estimate of drug-likeness (QED) is 0.854. The van der Waals surface area contributed by atoms with Crippen LogP contribution < -0.4 is 5.73 Å². The van der Waals surface area contributed by atoms with Gasteiger partial charge in [0.15, 0.2) is 5.82 Å². The van der Waals surface area contributed by atoms with Gasteiger partial charge in [-0.25, -0.2) is 9.97 Å². The summed E-state index contributed by atoms with van der Waals surface area (Å²) in [5, 5.41) is 0. The lowest BCUT2D eigenvalue weighted by Gasteiger charge is -2.28. The molecule has 2 N–H and O–H groups in total. The molecule has 0 aliphatic carbocycles. The van der Waals surface area contributed by atoms with Crippen LogP contribution in [-0.2, 0) is 11.2 Å². The number of nitrogens with zero attached hydrogens (tertiary/aromatic N) is 3. The summed E-state index contributed by atoms with van der Waals surface area (Å²) in [6.07, 6.45) is 5.55. The Morgan fingerprint density at radius 3 is 2.83 bits per heavy atom. The minimum absolute atomic E-state index is 0.00218. The fourth-order valence-corrected chi connectivity index (χ4v) is 2.02. The van der Waals surface area contributed by atoms with E-state index >= 15 is 0 Å². The van der Waals surface area contributed by atoms with Crippen LogP contribution in [0.4, 0.5) is 0 Å². The first-order chi connectivity index (χ1) is 8.69. The van der Waals surface area contributed by atoms with Crippen molar-refractivity contribution >= 4 is 0 Å². The molecule has 100 valence electrons. The van der Waals surface area contributed by atoms with Crippen LogP contribution in [0, 0.1) is 0 Å². The molecule has 1 aliphatic heterocycles. The van der Waals surface area contributed by atoms with E-state index in [1.54, 1.807) is 0 Å². The minimum atomic E-state index is -0.00218. The Morgan fingerprint density at radius 1 is 1.50 bits per heavy atom. The molecule has 18 heavy (non-hydrogen) atoms. The van der Waals surface area contributed by atoms with Crippen molar-refractivity contribution in [2.24, 2.45) is 5.73 Å². The average molecular weight is 250 g/mol. The molecule has 2 unspecified atom stereocenters. The molecule has 1 aromatic rings. The topological polar surface area (TPSA) is 64.3 Å². The summed E-state index contributed by atoms with van der Waals surface area (Å²) in [6, 6.07) is 0.191. The van der Waals surface area contributed by atoms with Crippen LogP contribution in [-0.4, -0.2) is 47.7 Å². The Morgan fingerprint density at radius 2 is 2.22 bits per heavy atom. The summed E-state index contributed by atoms with van der Waals surface area (Å²) in [5.74, 6) is 0.773. The van der Waals surface area contributed by atoms with Crippen molar-refractivity contribution in [3.05, 3.63) is 23.8 Å².